The van der Waals surface area contributed by atoms with Crippen LogP contribution in [-0.4, -0.2) is 103 Å². The molecule has 1 saturated heterocycles. The van der Waals surface area contributed by atoms with Gasteiger partial charge in [-0.1, -0.05) is 29.8 Å². The minimum Gasteiger partial charge on any atom is -0.394 e. The number of aliphatic hydroxyl groups excluding tert-OH is 1. The zero-order valence-electron chi connectivity index (χ0n) is 25.2. The number of carbonyl (C=O) groups is 2. The van der Waals surface area contributed by atoms with Gasteiger partial charge >= 0.3 is 0 Å². The lowest BCUT2D eigenvalue weighted by Gasteiger charge is -2.33. The molecule has 1 fully saturated rings. The average Bonchev–Trinajstić information content (AvgIpc) is 3.61. The fourth-order valence-electron chi connectivity index (χ4n) is 5.42. The second-order valence-corrected chi connectivity index (χ2v) is 11.6. The van der Waals surface area contributed by atoms with Crippen LogP contribution in [0.25, 0.3) is 11.3 Å². The highest BCUT2D eigenvalue weighted by Gasteiger charge is 2.35. The minimum atomic E-state index is -0.798. The Morgan fingerprint density at radius 3 is 2.62 bits per heavy atom. The number of carbonyl (C=O) groups excluding carboxylic acids is 2. The van der Waals surface area contributed by atoms with E-state index in [1.807, 2.05) is 24.3 Å². The molecule has 15 heteroatoms. The van der Waals surface area contributed by atoms with Crippen LogP contribution in [0.3, 0.4) is 0 Å². The SMILES string of the molecule is C[C@H](C(=O)N[C@H](CO)c1cccc(N2CCN(C)CC2)n1)N1Cc2ccc(-c3nc(Nc4cnn(C)n4)ncc3Cl)cc2C1=O. The third kappa shape index (κ3) is 6.43. The number of amides is 2. The van der Waals surface area contributed by atoms with Gasteiger partial charge in [0.1, 0.15) is 11.9 Å². The lowest BCUT2D eigenvalue weighted by molar-refractivity contribution is -0.126. The van der Waals surface area contributed by atoms with E-state index in [4.69, 9.17) is 16.6 Å². The van der Waals surface area contributed by atoms with Gasteiger partial charge in [-0.2, -0.15) is 9.90 Å². The van der Waals surface area contributed by atoms with Crippen molar-refractivity contribution in [1.82, 2.24) is 45.1 Å². The summed E-state index contributed by atoms with van der Waals surface area (Å²) in [6.45, 7) is 5.18. The highest BCUT2D eigenvalue weighted by atomic mass is 35.5. The Kier molecular flexibility index (Phi) is 8.61. The number of rotatable bonds is 9. The van der Waals surface area contributed by atoms with Gasteiger partial charge in [0.2, 0.25) is 11.9 Å². The monoisotopic (exact) mass is 631 g/mol. The number of likely N-dealkylation sites (N-methyl/N-ethyl adjacent to an activating group) is 1. The first-order valence-electron chi connectivity index (χ1n) is 14.6. The van der Waals surface area contributed by atoms with E-state index in [1.54, 1.807) is 32.3 Å². The van der Waals surface area contributed by atoms with E-state index in [0.717, 1.165) is 37.6 Å². The van der Waals surface area contributed by atoms with Crippen molar-refractivity contribution in [2.24, 2.45) is 7.05 Å². The van der Waals surface area contributed by atoms with Crippen LogP contribution in [0.15, 0.2) is 48.8 Å². The number of benzene rings is 1. The number of anilines is 3. The lowest BCUT2D eigenvalue weighted by atomic mass is 10.0. The minimum absolute atomic E-state index is 0.265. The maximum Gasteiger partial charge on any atom is 0.255 e. The van der Waals surface area contributed by atoms with Gasteiger partial charge in [-0.15, -0.1) is 5.10 Å². The lowest BCUT2D eigenvalue weighted by Crippen LogP contribution is -2.47. The highest BCUT2D eigenvalue weighted by molar-refractivity contribution is 6.33. The summed E-state index contributed by atoms with van der Waals surface area (Å²) in [7, 11) is 3.79. The van der Waals surface area contributed by atoms with Crippen LogP contribution in [0.1, 0.15) is 34.6 Å². The first-order valence-corrected chi connectivity index (χ1v) is 15.0. The standard InChI is InChI=1S/C30H34ClN11O3/c1-18(28(44)35-24(17-43)23-5-4-6-26(34-23)41-11-9-39(2)10-12-41)42-16-20-8-7-19(13-21(20)29(42)45)27-22(31)14-32-30(37-27)36-25-15-33-40(3)38-25/h4-8,13-15,18,24,43H,9-12,16-17H2,1-3H3,(H,35,44)(H,32,36,37,38)/t18-,24-/m1/s1. The van der Waals surface area contributed by atoms with Gasteiger partial charge in [0.25, 0.3) is 5.91 Å². The number of aromatic nitrogens is 6. The summed E-state index contributed by atoms with van der Waals surface area (Å²) in [5.74, 6) is 0.882. The van der Waals surface area contributed by atoms with Gasteiger partial charge in [0.05, 0.1) is 41.5 Å². The number of piperazine rings is 1. The molecule has 14 nitrogen and oxygen atoms in total. The van der Waals surface area contributed by atoms with Crippen LogP contribution in [0, 0.1) is 0 Å². The Bertz CT molecular complexity index is 1720. The molecule has 0 bridgehead atoms. The Hall–Kier alpha value is -4.66. The van der Waals surface area contributed by atoms with Gasteiger partial charge in [0.15, 0.2) is 5.82 Å². The van der Waals surface area contributed by atoms with Crippen molar-refractivity contribution in [2.75, 3.05) is 50.1 Å². The predicted octanol–water partition coefficient (Wildman–Crippen LogP) is 2.01. The van der Waals surface area contributed by atoms with Gasteiger partial charge < -0.3 is 30.4 Å². The average molecular weight is 632 g/mol. The summed E-state index contributed by atoms with van der Waals surface area (Å²) in [5.41, 5.74) is 2.87. The van der Waals surface area contributed by atoms with Crippen LogP contribution in [0.2, 0.25) is 5.02 Å². The Labute approximate surface area is 265 Å². The number of hydrogen-bond donors (Lipinski definition) is 3. The molecular weight excluding hydrogens is 598 g/mol. The molecule has 3 aromatic heterocycles. The zero-order chi connectivity index (χ0) is 31.7. The molecule has 6 rings (SSSR count). The number of halogens is 1. The molecular formula is C30H34ClN11O3. The van der Waals surface area contributed by atoms with Crippen LogP contribution in [0.4, 0.5) is 17.6 Å². The number of pyridine rings is 1. The maximum absolute atomic E-state index is 13.6. The molecule has 0 radical (unpaired) electrons. The molecule has 2 aliphatic heterocycles. The Morgan fingerprint density at radius 2 is 1.89 bits per heavy atom. The van der Waals surface area contributed by atoms with Crippen molar-refractivity contribution >= 4 is 41.0 Å². The molecule has 0 saturated carbocycles. The molecule has 0 unspecified atom stereocenters. The van der Waals surface area contributed by atoms with E-state index < -0.39 is 12.1 Å². The highest BCUT2D eigenvalue weighted by Crippen LogP contribution is 2.32. The first kappa shape index (κ1) is 30.4. The smallest absolute Gasteiger partial charge is 0.255 e. The second-order valence-electron chi connectivity index (χ2n) is 11.2. The van der Waals surface area contributed by atoms with Gasteiger partial charge in [0, 0.05) is 50.9 Å². The molecule has 2 aliphatic rings. The zero-order valence-corrected chi connectivity index (χ0v) is 25.9. The molecule has 234 valence electrons. The van der Waals surface area contributed by atoms with Crippen LogP contribution in [0.5, 0.6) is 0 Å². The van der Waals surface area contributed by atoms with Crippen molar-refractivity contribution in [3.05, 3.63) is 70.6 Å². The molecule has 1 aromatic carbocycles. The molecule has 4 aromatic rings. The Morgan fingerprint density at radius 1 is 1.09 bits per heavy atom. The quantitative estimate of drug-likeness (QED) is 0.248. The fourth-order valence-corrected chi connectivity index (χ4v) is 5.62. The molecule has 0 aliphatic carbocycles. The predicted molar refractivity (Wildman–Crippen MR) is 168 cm³/mol. The summed E-state index contributed by atoms with van der Waals surface area (Å²) in [5, 5.41) is 24.6. The van der Waals surface area contributed by atoms with Crippen molar-refractivity contribution in [3.63, 3.8) is 0 Å². The van der Waals surface area contributed by atoms with Crippen molar-refractivity contribution < 1.29 is 14.7 Å². The van der Waals surface area contributed by atoms with Crippen LogP contribution in [-0.2, 0) is 18.4 Å². The van der Waals surface area contributed by atoms with E-state index in [0.29, 0.717) is 33.4 Å². The first-order chi connectivity index (χ1) is 21.7. The van der Waals surface area contributed by atoms with Gasteiger partial charge in [-0.3, -0.25) is 9.59 Å². The number of fused-ring (bicyclic) bond motifs is 1. The fraction of sp³-hybridized carbons (Fsp3) is 0.367. The third-order valence-corrected chi connectivity index (χ3v) is 8.36. The normalized spacial score (nSPS) is 16.4. The van der Waals surface area contributed by atoms with Crippen LogP contribution < -0.4 is 15.5 Å². The molecule has 2 amide bonds. The third-order valence-electron chi connectivity index (χ3n) is 8.09. The van der Waals surface area contributed by atoms with E-state index in [2.05, 4.69) is 47.6 Å². The van der Waals surface area contributed by atoms with Crippen molar-refractivity contribution in [1.29, 1.82) is 0 Å². The molecule has 5 heterocycles. The topological polar surface area (TPSA) is 158 Å². The second kappa shape index (κ2) is 12.8. The molecule has 2 atom stereocenters. The number of hydrogen-bond acceptors (Lipinski definition) is 11. The number of nitrogens with one attached hydrogen (secondary N) is 2. The molecule has 3 N–H and O–H groups in total. The summed E-state index contributed by atoms with van der Waals surface area (Å²) < 4.78 is 0. The molecule has 45 heavy (non-hydrogen) atoms. The van der Waals surface area contributed by atoms with E-state index in [9.17, 15) is 14.7 Å². The Balaban J connectivity index is 1.15. The van der Waals surface area contributed by atoms with Crippen LogP contribution >= 0.6 is 11.6 Å². The maximum atomic E-state index is 13.6. The largest absolute Gasteiger partial charge is 0.394 e. The van der Waals surface area contributed by atoms with E-state index >= 15 is 0 Å². The number of aliphatic hydroxyl groups is 1. The van der Waals surface area contributed by atoms with E-state index in [-0.39, 0.29) is 30.9 Å². The van der Waals surface area contributed by atoms with Crippen molar-refractivity contribution in [2.45, 2.75) is 25.6 Å². The number of nitrogens with zero attached hydrogens (tertiary/aromatic N) is 9. The molecule has 0 spiro atoms. The summed E-state index contributed by atoms with van der Waals surface area (Å²) in [6, 6.07) is 9.49. The van der Waals surface area contributed by atoms with E-state index in [1.165, 1.54) is 15.9 Å². The van der Waals surface area contributed by atoms with Gasteiger partial charge in [-0.25, -0.2) is 15.0 Å². The summed E-state index contributed by atoms with van der Waals surface area (Å²) >= 11 is 6.45. The summed E-state index contributed by atoms with van der Waals surface area (Å²) in [6.07, 6.45) is 3.02. The summed E-state index contributed by atoms with van der Waals surface area (Å²) in [4.78, 5) is 47.8. The van der Waals surface area contributed by atoms with Crippen molar-refractivity contribution in [3.8, 4) is 11.3 Å². The number of aryl methyl sites for hydroxylation is 1. The van der Waals surface area contributed by atoms with Gasteiger partial charge in [-0.05, 0) is 37.7 Å².